The molecule has 1 rings (SSSR count). The molecule has 0 aliphatic heterocycles. The second kappa shape index (κ2) is 6.40. The summed E-state index contributed by atoms with van der Waals surface area (Å²) in [4.78, 5) is 11.2. The Kier molecular flexibility index (Phi) is 5.16. The Balaban J connectivity index is 2.47. The number of carbonyl (C=O) groups is 1. The van der Waals surface area contributed by atoms with Crippen LogP contribution in [0.3, 0.4) is 0 Å². The molecule has 0 aliphatic carbocycles. The van der Waals surface area contributed by atoms with Crippen LogP contribution >= 0.6 is 0 Å². The minimum absolute atomic E-state index is 0.0606. The lowest BCUT2D eigenvalue weighted by atomic mass is 10.0. The van der Waals surface area contributed by atoms with Crippen LogP contribution in [0.4, 0.5) is 0 Å². The van der Waals surface area contributed by atoms with E-state index >= 15 is 0 Å². The van der Waals surface area contributed by atoms with Crippen molar-refractivity contribution >= 4 is 5.78 Å². The van der Waals surface area contributed by atoms with E-state index < -0.39 is 0 Å². The van der Waals surface area contributed by atoms with E-state index in [1.54, 1.807) is 14.0 Å². The Bertz CT molecular complexity index is 356. The van der Waals surface area contributed by atoms with Gasteiger partial charge in [-0.25, -0.2) is 0 Å². The quantitative estimate of drug-likeness (QED) is 0.762. The highest BCUT2D eigenvalue weighted by atomic mass is 16.5. The molecular weight excluding hydrogens is 216 g/mol. The summed E-state index contributed by atoms with van der Waals surface area (Å²) in [5.41, 5.74) is 1.08. The van der Waals surface area contributed by atoms with Crippen LogP contribution < -0.4 is 4.74 Å². The number of ether oxygens (including phenoxy) is 2. The van der Waals surface area contributed by atoms with Crippen molar-refractivity contribution in [2.45, 2.75) is 33.5 Å². The van der Waals surface area contributed by atoms with Crippen molar-refractivity contribution in [3.63, 3.8) is 0 Å². The molecule has 2 atom stereocenters. The highest BCUT2D eigenvalue weighted by molar-refractivity contribution is 5.78. The Hall–Kier alpha value is -1.35. The Morgan fingerprint density at radius 2 is 1.82 bits per heavy atom. The molecular formula is C14H20O3. The molecule has 0 heterocycles. The summed E-state index contributed by atoms with van der Waals surface area (Å²) in [6.45, 7) is 5.93. The first-order chi connectivity index (χ1) is 8.04. The summed E-state index contributed by atoms with van der Waals surface area (Å²) >= 11 is 0. The third-order valence-corrected chi connectivity index (χ3v) is 3.02. The van der Waals surface area contributed by atoms with Crippen LogP contribution in [0.25, 0.3) is 0 Å². The zero-order chi connectivity index (χ0) is 12.8. The predicted molar refractivity (Wildman–Crippen MR) is 67.1 cm³/mol. The largest absolute Gasteiger partial charge is 0.497 e. The van der Waals surface area contributed by atoms with E-state index in [1.165, 1.54) is 0 Å². The van der Waals surface area contributed by atoms with Gasteiger partial charge in [0, 0.05) is 5.92 Å². The maximum absolute atomic E-state index is 11.2. The van der Waals surface area contributed by atoms with Gasteiger partial charge in [0.25, 0.3) is 0 Å². The van der Waals surface area contributed by atoms with Gasteiger partial charge in [0.2, 0.25) is 0 Å². The van der Waals surface area contributed by atoms with Gasteiger partial charge in [-0.15, -0.1) is 0 Å². The average molecular weight is 236 g/mol. The third kappa shape index (κ3) is 4.19. The number of methoxy groups -OCH3 is 1. The molecule has 94 valence electrons. The van der Waals surface area contributed by atoms with Crippen molar-refractivity contribution in [2.24, 2.45) is 5.92 Å². The molecule has 0 fully saturated rings. The summed E-state index contributed by atoms with van der Waals surface area (Å²) in [5, 5.41) is 0. The number of Topliss-reactive ketones (excluding diaryl/α,β-unsaturated/α-hetero) is 1. The van der Waals surface area contributed by atoms with Gasteiger partial charge in [0.1, 0.15) is 11.5 Å². The van der Waals surface area contributed by atoms with Gasteiger partial charge in [0.15, 0.2) is 0 Å². The number of hydrogen-bond acceptors (Lipinski definition) is 3. The zero-order valence-corrected chi connectivity index (χ0v) is 10.9. The fraction of sp³-hybridized carbons (Fsp3) is 0.500. The Morgan fingerprint density at radius 1 is 1.24 bits per heavy atom. The van der Waals surface area contributed by atoms with Crippen LogP contribution in [0.5, 0.6) is 5.75 Å². The first kappa shape index (κ1) is 13.7. The number of rotatable bonds is 6. The number of benzene rings is 1. The molecule has 3 nitrogen and oxygen atoms in total. The molecule has 0 saturated carbocycles. The van der Waals surface area contributed by atoms with Crippen molar-refractivity contribution in [1.82, 2.24) is 0 Å². The van der Waals surface area contributed by atoms with Gasteiger partial charge >= 0.3 is 0 Å². The van der Waals surface area contributed by atoms with Gasteiger partial charge in [0.05, 0.1) is 19.8 Å². The summed E-state index contributed by atoms with van der Waals surface area (Å²) in [6.07, 6.45) is -0.0606. The molecule has 0 spiro atoms. The molecule has 0 aliphatic rings. The minimum atomic E-state index is -0.0618. The molecule has 0 unspecified atom stereocenters. The molecule has 0 N–H and O–H groups in total. The topological polar surface area (TPSA) is 35.5 Å². The highest BCUT2D eigenvalue weighted by Crippen LogP contribution is 2.14. The summed E-state index contributed by atoms with van der Waals surface area (Å²) in [6, 6.07) is 7.73. The van der Waals surface area contributed by atoms with E-state index in [9.17, 15) is 4.79 Å². The van der Waals surface area contributed by atoms with Crippen molar-refractivity contribution in [2.75, 3.05) is 7.11 Å². The maximum atomic E-state index is 11.2. The molecule has 0 radical (unpaired) electrons. The van der Waals surface area contributed by atoms with Gasteiger partial charge in [-0.1, -0.05) is 19.1 Å². The first-order valence-corrected chi connectivity index (χ1v) is 5.79. The highest BCUT2D eigenvalue weighted by Gasteiger charge is 2.16. The summed E-state index contributed by atoms with van der Waals surface area (Å²) in [5.74, 6) is 0.930. The van der Waals surface area contributed by atoms with Gasteiger partial charge in [-0.3, -0.25) is 4.79 Å². The normalized spacial score (nSPS) is 14.1. The molecule has 1 aromatic carbocycles. The Labute approximate surface area is 103 Å². The van der Waals surface area contributed by atoms with Crippen LogP contribution in [-0.4, -0.2) is 19.0 Å². The van der Waals surface area contributed by atoms with Crippen molar-refractivity contribution < 1.29 is 14.3 Å². The lowest BCUT2D eigenvalue weighted by molar-refractivity contribution is -0.125. The standard InChI is InChI=1S/C14H20O3/c1-10(11(2)15)12(3)17-9-13-5-7-14(16-4)8-6-13/h5-8,10,12H,9H2,1-4H3/t10-,12+/m0/s1. The first-order valence-electron chi connectivity index (χ1n) is 5.79. The van der Waals surface area contributed by atoms with E-state index in [1.807, 2.05) is 38.1 Å². The molecule has 0 aromatic heterocycles. The van der Waals surface area contributed by atoms with Crippen LogP contribution in [-0.2, 0) is 16.1 Å². The van der Waals surface area contributed by atoms with Crippen LogP contribution in [0.1, 0.15) is 26.3 Å². The van der Waals surface area contributed by atoms with Gasteiger partial charge < -0.3 is 9.47 Å². The molecule has 0 bridgehead atoms. The van der Waals surface area contributed by atoms with E-state index in [2.05, 4.69) is 0 Å². The van der Waals surface area contributed by atoms with E-state index in [4.69, 9.17) is 9.47 Å². The van der Waals surface area contributed by atoms with E-state index in [0.29, 0.717) is 6.61 Å². The lowest BCUT2D eigenvalue weighted by Crippen LogP contribution is -2.23. The fourth-order valence-electron chi connectivity index (χ4n) is 1.42. The SMILES string of the molecule is COc1ccc(CO[C@H](C)[C@@H](C)C(C)=O)cc1. The van der Waals surface area contributed by atoms with E-state index in [0.717, 1.165) is 11.3 Å². The monoisotopic (exact) mass is 236 g/mol. The summed E-state index contributed by atoms with van der Waals surface area (Å²) in [7, 11) is 1.64. The molecule has 0 amide bonds. The zero-order valence-electron chi connectivity index (χ0n) is 10.9. The van der Waals surface area contributed by atoms with Gasteiger partial charge in [-0.2, -0.15) is 0 Å². The summed E-state index contributed by atoms with van der Waals surface area (Å²) < 4.78 is 10.7. The maximum Gasteiger partial charge on any atom is 0.135 e. The molecule has 3 heteroatoms. The van der Waals surface area contributed by atoms with Crippen molar-refractivity contribution in [1.29, 1.82) is 0 Å². The van der Waals surface area contributed by atoms with E-state index in [-0.39, 0.29) is 17.8 Å². The predicted octanol–water partition coefficient (Wildman–Crippen LogP) is 2.83. The minimum Gasteiger partial charge on any atom is -0.497 e. The average Bonchev–Trinajstić information content (AvgIpc) is 2.35. The van der Waals surface area contributed by atoms with Crippen LogP contribution in [0, 0.1) is 5.92 Å². The third-order valence-electron chi connectivity index (χ3n) is 3.02. The smallest absolute Gasteiger partial charge is 0.135 e. The van der Waals surface area contributed by atoms with Crippen LogP contribution in [0.2, 0.25) is 0 Å². The lowest BCUT2D eigenvalue weighted by Gasteiger charge is -2.18. The van der Waals surface area contributed by atoms with Crippen molar-refractivity contribution in [3.05, 3.63) is 29.8 Å². The molecule has 1 aromatic rings. The second-order valence-electron chi connectivity index (χ2n) is 4.26. The fourth-order valence-corrected chi connectivity index (χ4v) is 1.42. The number of carbonyl (C=O) groups excluding carboxylic acids is 1. The number of hydrogen-bond donors (Lipinski definition) is 0. The molecule has 0 saturated heterocycles. The Morgan fingerprint density at radius 3 is 2.29 bits per heavy atom. The number of ketones is 1. The molecule has 17 heavy (non-hydrogen) atoms. The van der Waals surface area contributed by atoms with Gasteiger partial charge in [-0.05, 0) is 31.5 Å². The van der Waals surface area contributed by atoms with Crippen molar-refractivity contribution in [3.8, 4) is 5.75 Å². The second-order valence-corrected chi connectivity index (χ2v) is 4.26. The van der Waals surface area contributed by atoms with Crippen LogP contribution in [0.15, 0.2) is 24.3 Å².